The first-order chi connectivity index (χ1) is 11.4. The van der Waals surface area contributed by atoms with E-state index in [0.29, 0.717) is 0 Å². The van der Waals surface area contributed by atoms with Gasteiger partial charge in [-0.1, -0.05) is 23.3 Å². The molecule has 6 nitrogen and oxygen atoms in total. The third-order valence-corrected chi connectivity index (χ3v) is 7.17. The van der Waals surface area contributed by atoms with E-state index in [1.165, 1.54) is 32.9 Å². The molecule has 2 rings (SSSR count). The third-order valence-electron chi connectivity index (χ3n) is 4.18. The number of rotatable bonds is 3. The number of hydrogen-bond acceptors (Lipinski definition) is 4. The number of anilines is 1. The molecule has 0 fully saturated rings. The predicted octanol–water partition coefficient (Wildman–Crippen LogP) is 3.85. The summed E-state index contributed by atoms with van der Waals surface area (Å²) < 4.78 is 24.2. The van der Waals surface area contributed by atoms with Crippen molar-refractivity contribution in [1.29, 1.82) is 0 Å². The van der Waals surface area contributed by atoms with Crippen LogP contribution < -0.4 is 10.6 Å². The fourth-order valence-corrected chi connectivity index (χ4v) is 4.32. The second kappa shape index (κ2) is 6.88. The van der Waals surface area contributed by atoms with Gasteiger partial charge in [-0.05, 0) is 52.7 Å². The van der Waals surface area contributed by atoms with Crippen LogP contribution in [0.3, 0.4) is 0 Å². The highest BCUT2D eigenvalue weighted by molar-refractivity contribution is 7.93. The molecule has 1 aromatic carbocycles. The van der Waals surface area contributed by atoms with Crippen LogP contribution in [0.4, 0.5) is 10.5 Å². The van der Waals surface area contributed by atoms with Gasteiger partial charge in [0, 0.05) is 0 Å². The Morgan fingerprint density at radius 2 is 1.96 bits per heavy atom. The molecule has 2 amide bonds. The van der Waals surface area contributed by atoms with Crippen molar-refractivity contribution in [2.24, 2.45) is 0 Å². The van der Waals surface area contributed by atoms with Crippen LogP contribution in [-0.4, -0.2) is 30.3 Å². The Hall–Kier alpha value is -1.73. The molecule has 0 aromatic heterocycles. The fraction of sp³-hybridized carbons (Fsp3) is 0.471. The average molecular weight is 387 g/mol. The zero-order chi connectivity index (χ0) is 19.0. The number of carbonyl (C=O) groups is 1. The van der Waals surface area contributed by atoms with Crippen LogP contribution in [0.5, 0.6) is 5.75 Å². The van der Waals surface area contributed by atoms with Crippen molar-refractivity contribution in [2.75, 3.05) is 5.32 Å². The quantitative estimate of drug-likeness (QED) is 0.543. The smallest absolute Gasteiger partial charge is 0.319 e. The summed E-state index contributed by atoms with van der Waals surface area (Å²) in [6.45, 7) is 6.48. The van der Waals surface area contributed by atoms with Gasteiger partial charge in [-0.2, -0.15) is 0 Å². The number of allylic oxidation sites excluding steroid dienone is 1. The first-order valence-electron chi connectivity index (χ1n) is 7.95. The molecule has 138 valence electrons. The number of hydrogen-bond donors (Lipinski definition) is 3. The molecule has 25 heavy (non-hydrogen) atoms. The Labute approximate surface area is 153 Å². The lowest BCUT2D eigenvalue weighted by atomic mass is 10.2. The maximum absolute atomic E-state index is 12.7. The molecule has 0 spiro atoms. The van der Waals surface area contributed by atoms with Gasteiger partial charge in [0.2, 0.25) is 0 Å². The molecular weight excluding hydrogens is 364 g/mol. The molecule has 3 N–H and O–H groups in total. The van der Waals surface area contributed by atoms with Gasteiger partial charge in [0.05, 0.1) is 21.5 Å². The molecule has 0 bridgehead atoms. The molecule has 1 aliphatic rings. The third kappa shape index (κ3) is 3.93. The minimum atomic E-state index is -3.89. The number of amides is 2. The highest BCUT2D eigenvalue weighted by Gasteiger charge is 2.36. The predicted molar refractivity (Wildman–Crippen MR) is 99.0 cm³/mol. The highest BCUT2D eigenvalue weighted by Crippen LogP contribution is 2.41. The van der Waals surface area contributed by atoms with Gasteiger partial charge in [-0.3, -0.25) is 0 Å². The summed E-state index contributed by atoms with van der Waals surface area (Å²) in [5.41, 5.74) is 1.07. The van der Waals surface area contributed by atoms with Crippen molar-refractivity contribution in [3.8, 4) is 5.75 Å². The van der Waals surface area contributed by atoms with E-state index < -0.39 is 26.4 Å². The Kier molecular flexibility index (Phi) is 5.39. The van der Waals surface area contributed by atoms with E-state index in [4.69, 9.17) is 11.6 Å². The minimum absolute atomic E-state index is 0.00986. The second-order valence-electron chi connectivity index (χ2n) is 7.07. The molecule has 1 atom stereocenters. The molecule has 0 radical (unpaired) electrons. The van der Waals surface area contributed by atoms with E-state index in [1.54, 1.807) is 0 Å². The Morgan fingerprint density at radius 3 is 2.48 bits per heavy atom. The van der Waals surface area contributed by atoms with E-state index in [0.717, 1.165) is 18.4 Å². The van der Waals surface area contributed by atoms with Crippen molar-refractivity contribution < 1.29 is 18.3 Å². The molecule has 0 aliphatic heterocycles. The van der Waals surface area contributed by atoms with E-state index in [9.17, 15) is 18.3 Å². The van der Waals surface area contributed by atoms with Crippen molar-refractivity contribution in [2.45, 2.75) is 56.2 Å². The topological polar surface area (TPSA) is 95.5 Å². The van der Waals surface area contributed by atoms with Gasteiger partial charge >= 0.3 is 6.03 Å². The number of benzene rings is 1. The van der Waals surface area contributed by atoms with Crippen molar-refractivity contribution in [3.05, 3.63) is 28.8 Å². The fourth-order valence-electron chi connectivity index (χ4n) is 2.56. The van der Waals surface area contributed by atoms with Crippen LogP contribution in [0.2, 0.25) is 5.02 Å². The Bertz CT molecular complexity index is 826. The number of phenolic OH excluding ortho intramolecular Hbond substituents is 1. The maximum Gasteiger partial charge on any atom is 0.319 e. The van der Waals surface area contributed by atoms with E-state index in [1.807, 2.05) is 6.92 Å². The first-order valence-corrected chi connectivity index (χ1v) is 9.81. The lowest BCUT2D eigenvalue weighted by molar-refractivity contribution is 0.249. The Balaban J connectivity index is 2.30. The number of aromatic hydroxyl groups is 1. The maximum atomic E-state index is 12.7. The number of sulfone groups is 1. The lowest BCUT2D eigenvalue weighted by Crippen LogP contribution is -2.37. The first kappa shape index (κ1) is 19.6. The molecule has 1 aliphatic carbocycles. The summed E-state index contributed by atoms with van der Waals surface area (Å²) >= 11 is 6.01. The van der Waals surface area contributed by atoms with E-state index in [-0.39, 0.29) is 21.6 Å². The van der Waals surface area contributed by atoms with Crippen LogP contribution in [-0.2, 0) is 9.84 Å². The largest absolute Gasteiger partial charge is 0.504 e. The molecule has 1 aromatic rings. The number of urea groups is 1. The molecule has 0 saturated heterocycles. The van der Waals surface area contributed by atoms with E-state index in [2.05, 4.69) is 16.7 Å². The van der Waals surface area contributed by atoms with Crippen LogP contribution >= 0.6 is 11.6 Å². The summed E-state index contributed by atoms with van der Waals surface area (Å²) in [5.74, 6) is -0.559. The monoisotopic (exact) mass is 386 g/mol. The number of phenols is 1. The number of carbonyl (C=O) groups excluding carboxylic acids is 1. The standard InChI is InChI=1S/C17H23ClN2O4S/c1-10-6-5-7-12(10)19-16(22)20-13-9-8-11(18)15(14(13)21)25(23,24)17(2,3)4/h6,8-9,12,21H,5,7H2,1-4H3,(H2,19,20,22). The number of halogens is 1. The molecular formula is C17H23ClN2O4S. The molecule has 0 saturated carbocycles. The molecule has 0 heterocycles. The summed E-state index contributed by atoms with van der Waals surface area (Å²) in [7, 11) is -3.89. The van der Waals surface area contributed by atoms with Crippen LogP contribution in [0.25, 0.3) is 0 Å². The zero-order valence-electron chi connectivity index (χ0n) is 14.7. The zero-order valence-corrected chi connectivity index (χ0v) is 16.3. The second-order valence-corrected chi connectivity index (χ2v) is 10.1. The minimum Gasteiger partial charge on any atom is -0.504 e. The summed E-state index contributed by atoms with van der Waals surface area (Å²) in [4.78, 5) is 11.8. The van der Waals surface area contributed by atoms with Gasteiger partial charge in [0.25, 0.3) is 0 Å². The van der Waals surface area contributed by atoms with Crippen molar-refractivity contribution in [1.82, 2.24) is 5.32 Å². The van der Waals surface area contributed by atoms with E-state index >= 15 is 0 Å². The summed E-state index contributed by atoms with van der Waals surface area (Å²) in [5, 5.41) is 15.6. The summed E-state index contributed by atoms with van der Waals surface area (Å²) in [6, 6.07) is 2.13. The average Bonchev–Trinajstić information content (AvgIpc) is 2.86. The van der Waals surface area contributed by atoms with Crippen LogP contribution in [0.1, 0.15) is 40.5 Å². The Morgan fingerprint density at radius 1 is 1.32 bits per heavy atom. The molecule has 8 heteroatoms. The van der Waals surface area contributed by atoms with Gasteiger partial charge in [-0.25, -0.2) is 13.2 Å². The SMILES string of the molecule is CC1=CCCC1NC(=O)Nc1ccc(Cl)c(S(=O)(=O)C(C)(C)C)c1O. The van der Waals surface area contributed by atoms with Crippen LogP contribution in [0.15, 0.2) is 28.7 Å². The van der Waals surface area contributed by atoms with Crippen molar-refractivity contribution in [3.63, 3.8) is 0 Å². The normalized spacial score (nSPS) is 18.0. The highest BCUT2D eigenvalue weighted by atomic mass is 35.5. The lowest BCUT2D eigenvalue weighted by Gasteiger charge is -2.22. The summed E-state index contributed by atoms with van der Waals surface area (Å²) in [6.07, 6.45) is 3.77. The van der Waals surface area contributed by atoms with Gasteiger partial charge < -0.3 is 15.7 Å². The van der Waals surface area contributed by atoms with Crippen LogP contribution in [0, 0.1) is 0 Å². The molecule has 1 unspecified atom stereocenters. The number of nitrogens with one attached hydrogen (secondary N) is 2. The van der Waals surface area contributed by atoms with Crippen molar-refractivity contribution >= 4 is 33.2 Å². The van der Waals surface area contributed by atoms with Gasteiger partial charge in [0.15, 0.2) is 15.6 Å². The van der Waals surface area contributed by atoms with Gasteiger partial charge in [-0.15, -0.1) is 0 Å². The van der Waals surface area contributed by atoms with Gasteiger partial charge in [0.1, 0.15) is 4.90 Å².